The molecule has 5 heteroatoms. The summed E-state index contributed by atoms with van der Waals surface area (Å²) in [5, 5.41) is 21.1. The molecular formula is C14H28N2O3. The molecule has 0 saturated carbocycles. The lowest BCUT2D eigenvalue weighted by Crippen LogP contribution is -2.49. The summed E-state index contributed by atoms with van der Waals surface area (Å²) in [6.45, 7) is 5.87. The predicted octanol–water partition coefficient (Wildman–Crippen LogP) is 0.924. The first kappa shape index (κ1) is 16.4. The average molecular weight is 272 g/mol. The lowest BCUT2D eigenvalue weighted by atomic mass is 9.90. The van der Waals surface area contributed by atoms with Crippen LogP contribution in [-0.2, 0) is 4.79 Å². The number of piperidine rings is 1. The summed E-state index contributed by atoms with van der Waals surface area (Å²) in [5.41, 5.74) is 0. The second-order valence-electron chi connectivity index (χ2n) is 5.52. The van der Waals surface area contributed by atoms with Gasteiger partial charge in [0.15, 0.2) is 0 Å². The molecule has 0 amide bonds. The minimum atomic E-state index is -0.720. The highest BCUT2D eigenvalue weighted by Gasteiger charge is 2.26. The normalized spacial score (nSPS) is 24.5. The van der Waals surface area contributed by atoms with E-state index in [0.29, 0.717) is 18.5 Å². The molecule has 1 fully saturated rings. The van der Waals surface area contributed by atoms with Crippen LogP contribution in [0.25, 0.3) is 0 Å². The van der Waals surface area contributed by atoms with Gasteiger partial charge in [-0.05, 0) is 31.7 Å². The van der Waals surface area contributed by atoms with Crippen LogP contribution in [0.2, 0.25) is 0 Å². The molecule has 0 aromatic rings. The fourth-order valence-corrected chi connectivity index (χ4v) is 2.89. The third-order valence-corrected chi connectivity index (χ3v) is 3.72. The van der Waals surface area contributed by atoms with Gasteiger partial charge in [-0.15, -0.1) is 0 Å². The lowest BCUT2D eigenvalue weighted by Gasteiger charge is -2.38. The van der Waals surface area contributed by atoms with Crippen LogP contribution in [0.3, 0.4) is 0 Å². The van der Waals surface area contributed by atoms with E-state index in [2.05, 4.69) is 17.1 Å². The van der Waals surface area contributed by atoms with Crippen molar-refractivity contribution in [1.82, 2.24) is 10.2 Å². The molecule has 3 N–H and O–H groups in total. The topological polar surface area (TPSA) is 72.8 Å². The predicted molar refractivity (Wildman–Crippen MR) is 75.2 cm³/mol. The largest absolute Gasteiger partial charge is 0.481 e. The van der Waals surface area contributed by atoms with Gasteiger partial charge < -0.3 is 20.4 Å². The van der Waals surface area contributed by atoms with Gasteiger partial charge in [0.1, 0.15) is 0 Å². The number of aliphatic hydroxyl groups excluding tert-OH is 1. The Bertz CT molecular complexity index is 261. The highest BCUT2D eigenvalue weighted by molar-refractivity contribution is 5.66. The van der Waals surface area contributed by atoms with Crippen LogP contribution in [0.5, 0.6) is 0 Å². The Kier molecular flexibility index (Phi) is 8.02. The molecule has 5 nitrogen and oxygen atoms in total. The van der Waals surface area contributed by atoms with Gasteiger partial charge in [-0.2, -0.15) is 0 Å². The number of carbonyl (C=O) groups is 1. The molecule has 1 heterocycles. The molecule has 0 spiro atoms. The van der Waals surface area contributed by atoms with Crippen molar-refractivity contribution in [3.8, 4) is 0 Å². The number of likely N-dealkylation sites (tertiary alicyclic amines) is 1. The van der Waals surface area contributed by atoms with Crippen LogP contribution in [0.15, 0.2) is 0 Å². The quantitative estimate of drug-likeness (QED) is 0.544. The Morgan fingerprint density at radius 3 is 2.84 bits per heavy atom. The zero-order chi connectivity index (χ0) is 14.1. The molecule has 112 valence electrons. The summed E-state index contributed by atoms with van der Waals surface area (Å²) >= 11 is 0. The van der Waals surface area contributed by atoms with Crippen molar-refractivity contribution in [3.63, 3.8) is 0 Å². The van der Waals surface area contributed by atoms with E-state index in [4.69, 9.17) is 10.2 Å². The smallest absolute Gasteiger partial charge is 0.304 e. The van der Waals surface area contributed by atoms with E-state index in [1.165, 1.54) is 19.3 Å². The lowest BCUT2D eigenvalue weighted by molar-refractivity contribution is -0.137. The molecule has 2 atom stereocenters. The number of carboxylic acid groups (broad SMARTS) is 1. The van der Waals surface area contributed by atoms with Crippen molar-refractivity contribution in [2.75, 3.05) is 32.8 Å². The maximum atomic E-state index is 10.7. The Morgan fingerprint density at radius 1 is 1.42 bits per heavy atom. The van der Waals surface area contributed by atoms with E-state index >= 15 is 0 Å². The van der Waals surface area contributed by atoms with Gasteiger partial charge in [0.2, 0.25) is 0 Å². The fraction of sp³-hybridized carbons (Fsp3) is 0.929. The Labute approximate surface area is 116 Å². The first-order valence-electron chi connectivity index (χ1n) is 7.44. The average Bonchev–Trinajstić information content (AvgIpc) is 2.37. The number of hydrogen-bond donors (Lipinski definition) is 3. The molecule has 19 heavy (non-hydrogen) atoms. The van der Waals surface area contributed by atoms with Crippen LogP contribution in [0.1, 0.15) is 39.0 Å². The molecule has 0 aromatic carbocycles. The van der Waals surface area contributed by atoms with E-state index in [0.717, 1.165) is 26.1 Å². The first-order chi connectivity index (χ1) is 9.15. The summed E-state index contributed by atoms with van der Waals surface area (Å²) in [7, 11) is 0. The minimum Gasteiger partial charge on any atom is -0.481 e. The van der Waals surface area contributed by atoms with Gasteiger partial charge in [0.05, 0.1) is 6.42 Å². The van der Waals surface area contributed by atoms with Crippen molar-refractivity contribution in [3.05, 3.63) is 0 Å². The number of rotatable bonds is 9. The van der Waals surface area contributed by atoms with Crippen molar-refractivity contribution >= 4 is 5.97 Å². The van der Waals surface area contributed by atoms with Crippen LogP contribution in [0.4, 0.5) is 0 Å². The van der Waals surface area contributed by atoms with Crippen molar-refractivity contribution in [1.29, 1.82) is 0 Å². The van der Waals surface area contributed by atoms with Gasteiger partial charge in [-0.25, -0.2) is 0 Å². The monoisotopic (exact) mass is 272 g/mol. The van der Waals surface area contributed by atoms with E-state index < -0.39 is 5.97 Å². The number of aliphatic carboxylic acids is 1. The van der Waals surface area contributed by atoms with Gasteiger partial charge in [0, 0.05) is 32.3 Å². The number of hydrogen-bond acceptors (Lipinski definition) is 4. The van der Waals surface area contributed by atoms with Gasteiger partial charge >= 0.3 is 5.97 Å². The number of aliphatic hydroxyl groups is 1. The molecular weight excluding hydrogens is 244 g/mol. The van der Waals surface area contributed by atoms with Crippen molar-refractivity contribution in [2.45, 2.75) is 45.1 Å². The number of nitrogens with zero attached hydrogens (tertiary/aromatic N) is 1. The Morgan fingerprint density at radius 2 is 2.21 bits per heavy atom. The maximum absolute atomic E-state index is 10.7. The van der Waals surface area contributed by atoms with E-state index in [1.807, 2.05) is 0 Å². The minimum absolute atomic E-state index is 0.223. The first-order valence-corrected chi connectivity index (χ1v) is 7.44. The second kappa shape index (κ2) is 9.28. The second-order valence-corrected chi connectivity index (χ2v) is 5.52. The summed E-state index contributed by atoms with van der Waals surface area (Å²) in [4.78, 5) is 12.9. The molecule has 0 aromatic heterocycles. The fourth-order valence-electron chi connectivity index (χ4n) is 2.89. The molecule has 1 rings (SSSR count). The Hall–Kier alpha value is -0.650. The molecule has 2 unspecified atom stereocenters. The van der Waals surface area contributed by atoms with Crippen LogP contribution in [-0.4, -0.2) is 59.9 Å². The van der Waals surface area contributed by atoms with E-state index in [9.17, 15) is 4.79 Å². The van der Waals surface area contributed by atoms with Crippen LogP contribution >= 0.6 is 0 Å². The third-order valence-electron chi connectivity index (χ3n) is 3.72. The van der Waals surface area contributed by atoms with Gasteiger partial charge in [-0.1, -0.05) is 13.3 Å². The molecule has 0 aliphatic carbocycles. The standard InChI is InChI=1S/C14H28N2O3/c1-2-4-12-9-13(15-6-3-8-17)11-16(10-12)7-5-14(18)19/h12-13,15,17H,2-11H2,1H3,(H,18,19). The number of carboxylic acids is 1. The van der Waals surface area contributed by atoms with E-state index in [1.54, 1.807) is 0 Å². The molecule has 0 radical (unpaired) electrons. The van der Waals surface area contributed by atoms with Crippen LogP contribution < -0.4 is 5.32 Å². The summed E-state index contributed by atoms with van der Waals surface area (Å²) in [5.74, 6) is -0.0541. The van der Waals surface area contributed by atoms with Crippen molar-refractivity contribution in [2.24, 2.45) is 5.92 Å². The highest BCUT2D eigenvalue weighted by Crippen LogP contribution is 2.21. The molecule has 1 aliphatic heterocycles. The van der Waals surface area contributed by atoms with Crippen molar-refractivity contribution < 1.29 is 15.0 Å². The number of nitrogens with one attached hydrogen (secondary N) is 1. The zero-order valence-electron chi connectivity index (χ0n) is 12.0. The zero-order valence-corrected chi connectivity index (χ0v) is 12.0. The molecule has 0 bridgehead atoms. The third kappa shape index (κ3) is 6.89. The van der Waals surface area contributed by atoms with E-state index in [-0.39, 0.29) is 13.0 Å². The Balaban J connectivity index is 2.40. The summed E-state index contributed by atoms with van der Waals surface area (Å²) in [6, 6.07) is 0.436. The van der Waals surface area contributed by atoms with Gasteiger partial charge in [0.25, 0.3) is 0 Å². The maximum Gasteiger partial charge on any atom is 0.304 e. The highest BCUT2D eigenvalue weighted by atomic mass is 16.4. The van der Waals surface area contributed by atoms with Gasteiger partial charge in [-0.3, -0.25) is 4.79 Å². The SMILES string of the molecule is CCCC1CC(NCCCO)CN(CCC(=O)O)C1. The summed E-state index contributed by atoms with van der Waals surface area (Å²) < 4.78 is 0. The summed E-state index contributed by atoms with van der Waals surface area (Å²) in [6.07, 6.45) is 4.57. The molecule has 1 aliphatic rings. The van der Waals surface area contributed by atoms with Crippen LogP contribution in [0, 0.1) is 5.92 Å². The molecule has 1 saturated heterocycles.